The van der Waals surface area contributed by atoms with Crippen molar-refractivity contribution in [2.45, 2.75) is 81.9 Å². The summed E-state index contributed by atoms with van der Waals surface area (Å²) in [5.41, 5.74) is 0.160. The maximum atomic E-state index is 14.9. The summed E-state index contributed by atoms with van der Waals surface area (Å²) in [6.07, 6.45) is 7.80. The van der Waals surface area contributed by atoms with Gasteiger partial charge in [0.15, 0.2) is 11.6 Å². The fourth-order valence-electron chi connectivity index (χ4n) is 7.66. The van der Waals surface area contributed by atoms with Gasteiger partial charge in [0.25, 0.3) is 5.91 Å². The normalized spacial score (nSPS) is 37.2. The predicted octanol–water partition coefficient (Wildman–Crippen LogP) is 3.67. The van der Waals surface area contributed by atoms with Gasteiger partial charge in [0.1, 0.15) is 5.75 Å². The van der Waals surface area contributed by atoms with Crippen LogP contribution in [0, 0.1) is 35.4 Å². The number of halogens is 1. The zero-order valence-electron chi connectivity index (χ0n) is 21.1. The van der Waals surface area contributed by atoms with E-state index >= 15 is 0 Å². The Kier molecular flexibility index (Phi) is 6.07. The SMILES string of the molecule is COc1cc(F)c(OC2CCC(C(=O)O)CC2)cc1C(=O)N[C@@H]1[C@H]2CC[C@H](C2)[C@@H]1C(=O)NC12CC(C1)C2. The fourth-order valence-corrected chi connectivity index (χ4v) is 7.66. The van der Waals surface area contributed by atoms with E-state index < -0.39 is 23.6 Å². The van der Waals surface area contributed by atoms with Gasteiger partial charge in [-0.15, -0.1) is 0 Å². The molecule has 0 unspecified atom stereocenters. The Morgan fingerprint density at radius 2 is 1.70 bits per heavy atom. The summed E-state index contributed by atoms with van der Waals surface area (Å²) in [5, 5.41) is 15.6. The minimum Gasteiger partial charge on any atom is -0.496 e. The molecule has 2 amide bonds. The zero-order chi connectivity index (χ0) is 25.9. The molecule has 0 aromatic heterocycles. The second-order valence-electron chi connectivity index (χ2n) is 12.0. The van der Waals surface area contributed by atoms with E-state index in [4.69, 9.17) is 9.47 Å². The lowest BCUT2D eigenvalue weighted by atomic mass is 9.50. The highest BCUT2D eigenvalue weighted by molar-refractivity contribution is 5.98. The van der Waals surface area contributed by atoms with Crippen molar-refractivity contribution in [1.82, 2.24) is 10.6 Å². The van der Waals surface area contributed by atoms with E-state index in [-0.39, 0.29) is 58.4 Å². The predicted molar refractivity (Wildman–Crippen MR) is 131 cm³/mol. The minimum atomic E-state index is -0.815. The van der Waals surface area contributed by atoms with Crippen LogP contribution in [0.2, 0.25) is 0 Å². The maximum Gasteiger partial charge on any atom is 0.306 e. The van der Waals surface area contributed by atoms with Gasteiger partial charge in [0, 0.05) is 17.6 Å². The summed E-state index contributed by atoms with van der Waals surface area (Å²) >= 11 is 0. The number of hydrogen-bond acceptors (Lipinski definition) is 5. The monoisotopic (exact) mass is 514 g/mol. The van der Waals surface area contributed by atoms with Gasteiger partial charge in [-0.1, -0.05) is 0 Å². The molecule has 7 rings (SSSR count). The molecular weight excluding hydrogens is 479 g/mol. The van der Waals surface area contributed by atoms with Gasteiger partial charge in [-0.05, 0) is 88.0 Å². The van der Waals surface area contributed by atoms with Crippen LogP contribution in [-0.2, 0) is 9.59 Å². The summed E-state index contributed by atoms with van der Waals surface area (Å²) in [5.74, 6) is -1.08. The van der Waals surface area contributed by atoms with E-state index in [0.29, 0.717) is 25.7 Å². The summed E-state index contributed by atoms with van der Waals surface area (Å²) < 4.78 is 26.1. The van der Waals surface area contributed by atoms with Gasteiger partial charge in [0.05, 0.1) is 30.6 Å². The van der Waals surface area contributed by atoms with E-state index in [2.05, 4.69) is 10.6 Å². The number of amides is 2. The van der Waals surface area contributed by atoms with Crippen molar-refractivity contribution in [2.75, 3.05) is 7.11 Å². The number of fused-ring (bicyclic) bond motifs is 2. The molecule has 0 spiro atoms. The van der Waals surface area contributed by atoms with Crippen LogP contribution in [0.15, 0.2) is 12.1 Å². The number of carboxylic acid groups (broad SMARTS) is 1. The first-order chi connectivity index (χ1) is 17.7. The Morgan fingerprint density at radius 3 is 2.32 bits per heavy atom. The number of nitrogens with one attached hydrogen (secondary N) is 2. The molecule has 0 saturated heterocycles. The van der Waals surface area contributed by atoms with Crippen molar-refractivity contribution in [3.8, 4) is 11.5 Å². The Hall–Kier alpha value is -2.84. The Balaban J connectivity index is 1.16. The van der Waals surface area contributed by atoms with Crippen LogP contribution in [0.3, 0.4) is 0 Å². The van der Waals surface area contributed by atoms with E-state index in [1.165, 1.54) is 13.2 Å². The molecule has 6 aliphatic carbocycles. The van der Waals surface area contributed by atoms with E-state index in [1.54, 1.807) is 0 Å². The highest BCUT2D eigenvalue weighted by atomic mass is 19.1. The molecule has 6 fully saturated rings. The lowest BCUT2D eigenvalue weighted by molar-refractivity contribution is -0.143. The molecule has 0 radical (unpaired) electrons. The van der Waals surface area contributed by atoms with Gasteiger partial charge in [0.2, 0.25) is 5.91 Å². The number of aliphatic carboxylic acids is 1. The third kappa shape index (κ3) is 4.34. The molecule has 200 valence electrons. The van der Waals surface area contributed by atoms with Gasteiger partial charge >= 0.3 is 5.97 Å². The molecule has 6 aliphatic rings. The summed E-state index contributed by atoms with van der Waals surface area (Å²) in [7, 11) is 1.39. The second kappa shape index (κ2) is 9.17. The first-order valence-corrected chi connectivity index (χ1v) is 13.6. The van der Waals surface area contributed by atoms with Crippen molar-refractivity contribution in [3.63, 3.8) is 0 Å². The molecule has 1 aromatic carbocycles. The highest BCUT2D eigenvalue weighted by Crippen LogP contribution is 2.57. The average molecular weight is 515 g/mol. The molecule has 3 N–H and O–H groups in total. The molecule has 4 bridgehead atoms. The van der Waals surface area contributed by atoms with Crippen LogP contribution in [0.25, 0.3) is 0 Å². The number of hydrogen-bond donors (Lipinski definition) is 3. The quantitative estimate of drug-likeness (QED) is 0.488. The second-order valence-corrected chi connectivity index (χ2v) is 12.0. The van der Waals surface area contributed by atoms with Crippen LogP contribution < -0.4 is 20.1 Å². The number of carboxylic acids is 1. The molecule has 9 heteroatoms. The van der Waals surface area contributed by atoms with Gasteiger partial charge < -0.3 is 25.2 Å². The average Bonchev–Trinajstić information content (AvgIpc) is 3.43. The third-order valence-electron chi connectivity index (χ3n) is 9.76. The molecule has 37 heavy (non-hydrogen) atoms. The van der Waals surface area contributed by atoms with E-state index in [1.807, 2.05) is 0 Å². The number of methoxy groups -OCH3 is 1. The molecule has 0 aliphatic heterocycles. The van der Waals surface area contributed by atoms with Crippen molar-refractivity contribution in [2.24, 2.45) is 29.6 Å². The molecule has 1 aromatic rings. The summed E-state index contributed by atoms with van der Waals surface area (Å²) in [6, 6.07) is 2.27. The van der Waals surface area contributed by atoms with Crippen LogP contribution in [-0.4, -0.2) is 47.7 Å². The Bertz CT molecular complexity index is 1100. The topological polar surface area (TPSA) is 114 Å². The number of ether oxygens (including phenoxy) is 2. The smallest absolute Gasteiger partial charge is 0.306 e. The first-order valence-electron chi connectivity index (χ1n) is 13.6. The van der Waals surface area contributed by atoms with Crippen LogP contribution in [0.5, 0.6) is 11.5 Å². The highest BCUT2D eigenvalue weighted by Gasteiger charge is 2.59. The molecular formula is C28H35FN2O6. The van der Waals surface area contributed by atoms with Crippen LogP contribution >= 0.6 is 0 Å². The van der Waals surface area contributed by atoms with Gasteiger partial charge in [-0.25, -0.2) is 4.39 Å². The molecule has 0 heterocycles. The fraction of sp³-hybridized carbons (Fsp3) is 0.679. The first kappa shape index (κ1) is 24.5. The number of benzene rings is 1. The van der Waals surface area contributed by atoms with Crippen molar-refractivity contribution < 1.29 is 33.4 Å². The number of rotatable bonds is 8. The molecule has 6 saturated carbocycles. The lowest BCUT2D eigenvalue weighted by Crippen LogP contribution is -2.69. The van der Waals surface area contributed by atoms with E-state index in [9.17, 15) is 23.9 Å². The van der Waals surface area contributed by atoms with Crippen LogP contribution in [0.1, 0.15) is 74.6 Å². The summed E-state index contributed by atoms with van der Waals surface area (Å²) in [6.45, 7) is 0. The molecule has 8 nitrogen and oxygen atoms in total. The number of carbonyl (C=O) groups excluding carboxylic acids is 2. The largest absolute Gasteiger partial charge is 0.496 e. The van der Waals surface area contributed by atoms with Crippen molar-refractivity contribution in [3.05, 3.63) is 23.5 Å². The third-order valence-corrected chi connectivity index (χ3v) is 9.76. The van der Waals surface area contributed by atoms with Gasteiger partial charge in [-0.2, -0.15) is 0 Å². The lowest BCUT2D eigenvalue weighted by Gasteiger charge is -2.62. The standard InChI is InChI=1S/C28H35FN2O6/c1-36-21-10-20(29)22(37-18-6-4-15(5-7-18)27(34)35)9-19(21)25(32)30-24-17-3-2-16(8-17)23(24)26(33)31-28-11-14(12-28)13-28/h9-10,14-18,23-24H,2-8,11-13H2,1H3,(H,30,32)(H,31,33)(H,34,35)/t14?,15?,16-,17+,18?,23+,24-,28?/m1/s1. The minimum absolute atomic E-state index is 0.00579. The maximum absolute atomic E-state index is 14.9. The van der Waals surface area contributed by atoms with E-state index in [0.717, 1.165) is 50.5 Å². The van der Waals surface area contributed by atoms with Gasteiger partial charge in [-0.3, -0.25) is 14.4 Å². The number of carbonyl (C=O) groups is 3. The summed E-state index contributed by atoms with van der Waals surface area (Å²) in [4.78, 5) is 38.0. The Morgan fingerprint density at radius 1 is 1.00 bits per heavy atom. The van der Waals surface area contributed by atoms with Crippen molar-refractivity contribution >= 4 is 17.8 Å². The van der Waals surface area contributed by atoms with Crippen molar-refractivity contribution in [1.29, 1.82) is 0 Å². The zero-order valence-corrected chi connectivity index (χ0v) is 21.1. The Labute approximate surface area is 215 Å². The molecule has 4 atom stereocenters. The van der Waals surface area contributed by atoms with Crippen LogP contribution in [0.4, 0.5) is 4.39 Å².